The Morgan fingerprint density at radius 1 is 1.17 bits per heavy atom. The van der Waals surface area contributed by atoms with Gasteiger partial charge in [-0.3, -0.25) is 14.4 Å². The summed E-state index contributed by atoms with van der Waals surface area (Å²) >= 11 is 0. The van der Waals surface area contributed by atoms with E-state index in [1.54, 1.807) is 30.3 Å². The van der Waals surface area contributed by atoms with Crippen LogP contribution in [0.15, 0.2) is 62.7 Å². The highest BCUT2D eigenvalue weighted by molar-refractivity contribution is 5.93. The smallest absolute Gasteiger partial charge is 0.287 e. The number of benzene rings is 1. The number of aromatic nitrogens is 2. The number of para-hydroxylation sites is 1. The zero-order chi connectivity index (χ0) is 16.9. The van der Waals surface area contributed by atoms with Crippen molar-refractivity contribution in [1.29, 1.82) is 0 Å². The molecule has 0 radical (unpaired) electrons. The minimum absolute atomic E-state index is 0.0336. The van der Waals surface area contributed by atoms with Gasteiger partial charge in [-0.05, 0) is 24.6 Å². The van der Waals surface area contributed by atoms with Gasteiger partial charge in [-0.15, -0.1) is 0 Å². The summed E-state index contributed by atoms with van der Waals surface area (Å²) in [4.78, 5) is 35.6. The number of amides is 1. The van der Waals surface area contributed by atoms with Crippen LogP contribution in [0.2, 0.25) is 0 Å². The molecule has 0 bridgehead atoms. The van der Waals surface area contributed by atoms with Gasteiger partial charge < -0.3 is 9.73 Å². The van der Waals surface area contributed by atoms with Crippen LogP contribution in [0.4, 0.5) is 0 Å². The first-order chi connectivity index (χ1) is 11.6. The Bertz CT molecular complexity index is 991. The molecule has 0 aliphatic rings. The van der Waals surface area contributed by atoms with E-state index in [2.05, 4.69) is 10.4 Å². The van der Waals surface area contributed by atoms with Gasteiger partial charge in [-0.1, -0.05) is 12.1 Å². The van der Waals surface area contributed by atoms with Gasteiger partial charge in [0.2, 0.25) is 0 Å². The molecule has 0 atom stereocenters. The lowest BCUT2D eigenvalue weighted by Gasteiger charge is -2.06. The fourth-order valence-corrected chi connectivity index (χ4v) is 2.29. The minimum atomic E-state index is -0.466. The SMILES string of the molecule is O=C(NCCCn1ncccc1=O)c1cc(=O)c2ccccc2o1. The van der Waals surface area contributed by atoms with Gasteiger partial charge in [0.15, 0.2) is 11.2 Å². The van der Waals surface area contributed by atoms with Gasteiger partial charge >= 0.3 is 0 Å². The van der Waals surface area contributed by atoms with Gasteiger partial charge in [0.05, 0.1) is 5.39 Å². The molecule has 2 heterocycles. The standard InChI is InChI=1S/C17H15N3O4/c21-13-11-15(24-14-6-2-1-5-12(13)14)17(23)18-8-4-10-20-16(22)7-3-9-19-20/h1-3,5-7,9,11H,4,8,10H2,(H,18,23). The number of nitrogens with zero attached hydrogens (tertiary/aromatic N) is 2. The highest BCUT2D eigenvalue weighted by Gasteiger charge is 2.11. The molecular formula is C17H15N3O4. The van der Waals surface area contributed by atoms with Crippen LogP contribution in [-0.4, -0.2) is 22.2 Å². The lowest BCUT2D eigenvalue weighted by atomic mass is 10.2. The molecule has 0 spiro atoms. The molecule has 2 aromatic heterocycles. The minimum Gasteiger partial charge on any atom is -0.451 e. The van der Waals surface area contributed by atoms with Crippen molar-refractivity contribution in [2.45, 2.75) is 13.0 Å². The molecule has 122 valence electrons. The zero-order valence-electron chi connectivity index (χ0n) is 12.8. The largest absolute Gasteiger partial charge is 0.451 e. The lowest BCUT2D eigenvalue weighted by Crippen LogP contribution is -2.28. The van der Waals surface area contributed by atoms with Crippen LogP contribution in [0.5, 0.6) is 0 Å². The first-order valence-electron chi connectivity index (χ1n) is 7.48. The molecule has 24 heavy (non-hydrogen) atoms. The average molecular weight is 325 g/mol. The fraction of sp³-hybridized carbons (Fsp3) is 0.176. The first-order valence-corrected chi connectivity index (χ1v) is 7.48. The normalized spacial score (nSPS) is 10.7. The molecule has 0 fully saturated rings. The number of fused-ring (bicyclic) bond motifs is 1. The summed E-state index contributed by atoms with van der Waals surface area (Å²) < 4.78 is 6.78. The highest BCUT2D eigenvalue weighted by Crippen LogP contribution is 2.11. The van der Waals surface area contributed by atoms with Gasteiger partial charge in [0.25, 0.3) is 11.5 Å². The molecule has 0 unspecified atom stereocenters. The third-order valence-electron chi connectivity index (χ3n) is 3.48. The Kier molecular flexibility index (Phi) is 4.51. The van der Waals surface area contributed by atoms with E-state index in [9.17, 15) is 14.4 Å². The van der Waals surface area contributed by atoms with Crippen LogP contribution < -0.4 is 16.3 Å². The van der Waals surface area contributed by atoms with E-state index in [4.69, 9.17) is 4.42 Å². The lowest BCUT2D eigenvalue weighted by molar-refractivity contribution is 0.0925. The monoisotopic (exact) mass is 325 g/mol. The summed E-state index contributed by atoms with van der Waals surface area (Å²) in [6, 6.07) is 10.9. The maximum Gasteiger partial charge on any atom is 0.287 e. The predicted octanol–water partition coefficient (Wildman–Crippen LogP) is 1.17. The maximum atomic E-state index is 12.1. The van der Waals surface area contributed by atoms with E-state index in [0.717, 1.165) is 0 Å². The van der Waals surface area contributed by atoms with Crippen LogP contribution in [0.3, 0.4) is 0 Å². The molecule has 7 nitrogen and oxygen atoms in total. The molecular weight excluding hydrogens is 310 g/mol. The van der Waals surface area contributed by atoms with E-state index in [-0.39, 0.29) is 16.7 Å². The predicted molar refractivity (Wildman–Crippen MR) is 87.9 cm³/mol. The van der Waals surface area contributed by atoms with E-state index < -0.39 is 5.91 Å². The van der Waals surface area contributed by atoms with Gasteiger partial charge in [-0.2, -0.15) is 5.10 Å². The maximum absolute atomic E-state index is 12.1. The molecule has 1 N–H and O–H groups in total. The number of hydrogen-bond donors (Lipinski definition) is 1. The van der Waals surface area contributed by atoms with Crippen molar-refractivity contribution in [2.75, 3.05) is 6.54 Å². The molecule has 1 amide bonds. The molecule has 0 aliphatic heterocycles. The second kappa shape index (κ2) is 6.91. The topological polar surface area (TPSA) is 94.2 Å². The Hall–Kier alpha value is -3.22. The van der Waals surface area contributed by atoms with Crippen molar-refractivity contribution in [1.82, 2.24) is 15.1 Å². The molecule has 3 aromatic rings. The number of carbonyl (C=O) groups is 1. The van der Waals surface area contributed by atoms with Crippen molar-refractivity contribution in [3.8, 4) is 0 Å². The second-order valence-electron chi connectivity index (χ2n) is 5.17. The van der Waals surface area contributed by atoms with Gasteiger partial charge in [0, 0.05) is 31.4 Å². The zero-order valence-corrected chi connectivity index (χ0v) is 12.8. The van der Waals surface area contributed by atoms with E-state index in [1.165, 1.54) is 23.0 Å². The van der Waals surface area contributed by atoms with Gasteiger partial charge in [0.1, 0.15) is 5.58 Å². The molecule has 0 saturated carbocycles. The molecule has 3 rings (SSSR count). The highest BCUT2D eigenvalue weighted by atomic mass is 16.3. The third-order valence-corrected chi connectivity index (χ3v) is 3.48. The third kappa shape index (κ3) is 3.40. The second-order valence-corrected chi connectivity index (χ2v) is 5.17. The van der Waals surface area contributed by atoms with Crippen LogP contribution in [-0.2, 0) is 6.54 Å². The van der Waals surface area contributed by atoms with Crippen molar-refractivity contribution < 1.29 is 9.21 Å². The summed E-state index contributed by atoms with van der Waals surface area (Å²) in [6.07, 6.45) is 2.06. The number of carbonyl (C=O) groups excluding carboxylic acids is 1. The van der Waals surface area contributed by atoms with E-state index >= 15 is 0 Å². The van der Waals surface area contributed by atoms with Crippen LogP contribution in [0, 0.1) is 0 Å². The Morgan fingerprint density at radius 2 is 2.00 bits per heavy atom. The Morgan fingerprint density at radius 3 is 2.83 bits per heavy atom. The number of aryl methyl sites for hydroxylation is 1. The summed E-state index contributed by atoms with van der Waals surface area (Å²) in [7, 11) is 0. The van der Waals surface area contributed by atoms with Crippen molar-refractivity contribution in [3.05, 3.63) is 75.0 Å². The Labute approximate surface area is 136 Å². The van der Waals surface area contributed by atoms with E-state index in [0.29, 0.717) is 30.5 Å². The number of hydrogen-bond acceptors (Lipinski definition) is 5. The molecule has 0 saturated heterocycles. The van der Waals surface area contributed by atoms with Gasteiger partial charge in [-0.25, -0.2) is 4.68 Å². The molecule has 0 aliphatic carbocycles. The molecule has 7 heteroatoms. The quantitative estimate of drug-likeness (QED) is 0.711. The summed E-state index contributed by atoms with van der Waals surface area (Å²) in [5.74, 6) is -0.500. The van der Waals surface area contributed by atoms with Crippen molar-refractivity contribution >= 4 is 16.9 Å². The fourth-order valence-electron chi connectivity index (χ4n) is 2.29. The summed E-state index contributed by atoms with van der Waals surface area (Å²) in [6.45, 7) is 0.722. The Balaban J connectivity index is 1.62. The number of nitrogens with one attached hydrogen (secondary N) is 1. The first kappa shape index (κ1) is 15.7. The summed E-state index contributed by atoms with van der Waals surface area (Å²) in [5, 5.41) is 7.03. The van der Waals surface area contributed by atoms with Crippen LogP contribution in [0.25, 0.3) is 11.0 Å². The number of rotatable bonds is 5. The average Bonchev–Trinajstić information content (AvgIpc) is 2.60. The summed E-state index contributed by atoms with van der Waals surface area (Å²) in [5.41, 5.74) is -0.0819. The van der Waals surface area contributed by atoms with Crippen molar-refractivity contribution in [2.24, 2.45) is 0 Å². The van der Waals surface area contributed by atoms with E-state index in [1.807, 2.05) is 0 Å². The molecule has 1 aromatic carbocycles. The van der Waals surface area contributed by atoms with Crippen LogP contribution in [0.1, 0.15) is 17.0 Å². The van der Waals surface area contributed by atoms with Crippen molar-refractivity contribution in [3.63, 3.8) is 0 Å². The van der Waals surface area contributed by atoms with Crippen LogP contribution >= 0.6 is 0 Å².